The van der Waals surface area contributed by atoms with Crippen molar-refractivity contribution in [3.8, 4) is 17.2 Å². The zero-order valence-electron chi connectivity index (χ0n) is 18.9. The molecule has 10 heteroatoms. The number of thioether (sulfide) groups is 1. The van der Waals surface area contributed by atoms with E-state index in [-0.39, 0.29) is 18.2 Å². The number of amidine groups is 1. The number of nitro benzene ring substituents is 1. The Morgan fingerprint density at radius 3 is 2.43 bits per heavy atom. The third-order valence-corrected chi connectivity index (χ3v) is 5.91. The number of carbonyl (C=O) groups is 1. The van der Waals surface area contributed by atoms with Gasteiger partial charge in [-0.05, 0) is 65.9 Å². The third kappa shape index (κ3) is 5.79. The molecule has 0 unspecified atom stereocenters. The summed E-state index contributed by atoms with van der Waals surface area (Å²) in [5.41, 5.74) is 2.09. The lowest BCUT2D eigenvalue weighted by atomic mass is 10.1. The number of hydrogen-bond donors (Lipinski definition) is 1. The number of amides is 1. The van der Waals surface area contributed by atoms with Crippen LogP contribution in [0.25, 0.3) is 6.08 Å². The minimum Gasteiger partial charge on any atom is -0.497 e. The van der Waals surface area contributed by atoms with Gasteiger partial charge in [-0.2, -0.15) is 0 Å². The molecule has 9 nitrogen and oxygen atoms in total. The van der Waals surface area contributed by atoms with Gasteiger partial charge in [0.05, 0.1) is 29.7 Å². The van der Waals surface area contributed by atoms with Crippen LogP contribution in [0.15, 0.2) is 76.6 Å². The van der Waals surface area contributed by atoms with Crippen molar-refractivity contribution in [2.75, 3.05) is 14.2 Å². The van der Waals surface area contributed by atoms with E-state index in [1.807, 2.05) is 6.07 Å². The molecule has 4 rings (SSSR count). The molecule has 1 aliphatic rings. The highest BCUT2D eigenvalue weighted by atomic mass is 32.2. The Bertz CT molecular complexity index is 1300. The van der Waals surface area contributed by atoms with Crippen molar-refractivity contribution in [3.63, 3.8) is 0 Å². The Hall–Kier alpha value is -4.31. The van der Waals surface area contributed by atoms with Gasteiger partial charge < -0.3 is 19.5 Å². The van der Waals surface area contributed by atoms with E-state index in [9.17, 15) is 14.9 Å². The summed E-state index contributed by atoms with van der Waals surface area (Å²) in [7, 11) is 3.12. The van der Waals surface area contributed by atoms with E-state index in [1.165, 1.54) is 31.0 Å². The molecule has 0 radical (unpaired) electrons. The van der Waals surface area contributed by atoms with Gasteiger partial charge in [0.15, 0.2) is 16.7 Å². The number of para-hydroxylation sites is 1. The summed E-state index contributed by atoms with van der Waals surface area (Å²) in [6, 6.07) is 18.7. The van der Waals surface area contributed by atoms with Crippen LogP contribution in [0.1, 0.15) is 11.1 Å². The molecule has 0 aliphatic carbocycles. The molecule has 1 saturated heterocycles. The Labute approximate surface area is 205 Å². The lowest BCUT2D eigenvalue weighted by Crippen LogP contribution is -2.19. The van der Waals surface area contributed by atoms with Gasteiger partial charge in [0.25, 0.3) is 11.6 Å². The van der Waals surface area contributed by atoms with Gasteiger partial charge in [-0.15, -0.1) is 0 Å². The smallest absolute Gasteiger partial charge is 0.269 e. The second-order valence-corrected chi connectivity index (χ2v) is 8.30. The number of benzene rings is 3. The Morgan fingerprint density at radius 1 is 1.03 bits per heavy atom. The van der Waals surface area contributed by atoms with Crippen LogP contribution in [0.4, 0.5) is 11.4 Å². The van der Waals surface area contributed by atoms with Crippen molar-refractivity contribution < 1.29 is 23.9 Å². The molecule has 3 aromatic carbocycles. The van der Waals surface area contributed by atoms with Crippen molar-refractivity contribution in [3.05, 3.63) is 92.9 Å². The zero-order valence-corrected chi connectivity index (χ0v) is 19.7. The van der Waals surface area contributed by atoms with Crippen LogP contribution in [-0.2, 0) is 11.4 Å². The van der Waals surface area contributed by atoms with Crippen LogP contribution < -0.4 is 19.5 Å². The van der Waals surface area contributed by atoms with Crippen LogP contribution in [-0.4, -0.2) is 30.2 Å². The van der Waals surface area contributed by atoms with Crippen LogP contribution in [0, 0.1) is 10.1 Å². The van der Waals surface area contributed by atoms with Crippen molar-refractivity contribution in [1.82, 2.24) is 5.32 Å². The number of ether oxygens (including phenoxy) is 3. The molecule has 0 atom stereocenters. The first-order valence-electron chi connectivity index (χ1n) is 10.4. The van der Waals surface area contributed by atoms with Crippen LogP contribution in [0.5, 0.6) is 17.2 Å². The average molecular weight is 492 g/mol. The highest BCUT2D eigenvalue weighted by molar-refractivity contribution is 8.18. The Balaban J connectivity index is 1.55. The normalized spacial score (nSPS) is 15.2. The first-order valence-corrected chi connectivity index (χ1v) is 11.3. The number of nitrogens with one attached hydrogen (secondary N) is 1. The van der Waals surface area contributed by atoms with Gasteiger partial charge in [0.2, 0.25) is 0 Å². The topological polar surface area (TPSA) is 112 Å². The van der Waals surface area contributed by atoms with Gasteiger partial charge in [-0.1, -0.05) is 12.1 Å². The second-order valence-electron chi connectivity index (χ2n) is 7.27. The zero-order chi connectivity index (χ0) is 24.8. The molecule has 3 aromatic rings. The molecular weight excluding hydrogens is 470 g/mol. The summed E-state index contributed by atoms with van der Waals surface area (Å²) >= 11 is 1.22. The van der Waals surface area contributed by atoms with Crippen molar-refractivity contribution in [1.29, 1.82) is 0 Å². The highest BCUT2D eigenvalue weighted by Gasteiger charge is 2.25. The first kappa shape index (κ1) is 23.8. The van der Waals surface area contributed by atoms with Gasteiger partial charge in [-0.3, -0.25) is 14.9 Å². The molecule has 1 amide bonds. The van der Waals surface area contributed by atoms with E-state index in [4.69, 9.17) is 14.2 Å². The number of hydrogen-bond acceptors (Lipinski definition) is 8. The number of rotatable bonds is 8. The largest absolute Gasteiger partial charge is 0.497 e. The summed E-state index contributed by atoms with van der Waals surface area (Å²) in [5, 5.41) is 14.1. The van der Waals surface area contributed by atoms with Crippen LogP contribution in [0.3, 0.4) is 0 Å². The molecule has 1 fully saturated rings. The van der Waals surface area contributed by atoms with Crippen molar-refractivity contribution in [2.24, 2.45) is 4.99 Å². The van der Waals surface area contributed by atoms with E-state index in [0.717, 1.165) is 11.3 Å². The predicted molar refractivity (Wildman–Crippen MR) is 134 cm³/mol. The fourth-order valence-electron chi connectivity index (χ4n) is 3.23. The van der Waals surface area contributed by atoms with Crippen molar-refractivity contribution >= 4 is 40.3 Å². The van der Waals surface area contributed by atoms with E-state index in [0.29, 0.717) is 32.8 Å². The first-order chi connectivity index (χ1) is 17.0. The molecule has 178 valence electrons. The highest BCUT2D eigenvalue weighted by Crippen LogP contribution is 2.36. The molecular formula is C25H21N3O6S. The van der Waals surface area contributed by atoms with E-state index in [1.54, 1.807) is 61.7 Å². The molecule has 1 heterocycles. The summed E-state index contributed by atoms with van der Waals surface area (Å²) in [4.78, 5) is 27.9. The maximum absolute atomic E-state index is 12.6. The summed E-state index contributed by atoms with van der Waals surface area (Å²) in [5.74, 6) is 1.40. The summed E-state index contributed by atoms with van der Waals surface area (Å²) < 4.78 is 16.6. The minimum absolute atomic E-state index is 0.00726. The fraction of sp³-hybridized carbons (Fsp3) is 0.120. The van der Waals surface area contributed by atoms with Crippen LogP contribution in [0.2, 0.25) is 0 Å². The molecule has 0 saturated carbocycles. The number of non-ortho nitro benzene ring substituents is 1. The molecule has 1 N–H and O–H groups in total. The van der Waals surface area contributed by atoms with Gasteiger partial charge in [0.1, 0.15) is 12.4 Å². The molecule has 0 bridgehead atoms. The fourth-order valence-corrected chi connectivity index (χ4v) is 4.06. The number of carbonyl (C=O) groups excluding carboxylic acids is 1. The molecule has 0 spiro atoms. The Kier molecular flexibility index (Phi) is 7.32. The molecule has 1 aliphatic heterocycles. The lowest BCUT2D eigenvalue weighted by Gasteiger charge is -2.13. The third-order valence-electron chi connectivity index (χ3n) is 5.00. The minimum atomic E-state index is -0.453. The summed E-state index contributed by atoms with van der Waals surface area (Å²) in [6.45, 7) is 0.165. The number of methoxy groups -OCH3 is 2. The number of aliphatic imine (C=N–C) groups is 1. The van der Waals surface area contributed by atoms with E-state index >= 15 is 0 Å². The maximum Gasteiger partial charge on any atom is 0.269 e. The quantitative estimate of drug-likeness (QED) is 0.266. The van der Waals surface area contributed by atoms with Gasteiger partial charge >= 0.3 is 0 Å². The van der Waals surface area contributed by atoms with Crippen molar-refractivity contribution in [2.45, 2.75) is 6.61 Å². The molecule has 0 aromatic heterocycles. The summed E-state index contributed by atoms with van der Waals surface area (Å²) in [6.07, 6.45) is 1.71. The average Bonchev–Trinajstić information content (AvgIpc) is 3.21. The number of nitrogens with zero attached hydrogens (tertiary/aromatic N) is 2. The van der Waals surface area contributed by atoms with E-state index in [2.05, 4.69) is 10.3 Å². The monoisotopic (exact) mass is 491 g/mol. The second kappa shape index (κ2) is 10.7. The standard InChI is InChI=1S/C25H21N3O6S/c1-32-20-12-8-18(9-13-20)26-25-27-24(29)22(35-25)14-17-4-3-5-21(33-2)23(17)34-15-16-6-10-19(11-7-16)28(30)31/h3-14H,15H2,1-2H3,(H,26,27,29)/b22-14+. The van der Waals surface area contributed by atoms with Gasteiger partial charge in [0, 0.05) is 17.7 Å². The van der Waals surface area contributed by atoms with E-state index < -0.39 is 4.92 Å². The lowest BCUT2D eigenvalue weighted by molar-refractivity contribution is -0.384. The van der Waals surface area contributed by atoms with Gasteiger partial charge in [-0.25, -0.2) is 4.99 Å². The SMILES string of the molecule is COc1ccc(N=C2NC(=O)/C(=C\c3cccc(OC)c3OCc3ccc([N+](=O)[O-])cc3)S2)cc1. The van der Waals surface area contributed by atoms with Crippen LogP contribution >= 0.6 is 11.8 Å². The maximum atomic E-state index is 12.6. The predicted octanol–water partition coefficient (Wildman–Crippen LogP) is 5.08. The Morgan fingerprint density at radius 2 is 1.77 bits per heavy atom. The number of nitro groups is 1. The molecule has 35 heavy (non-hydrogen) atoms.